The van der Waals surface area contributed by atoms with Crippen molar-refractivity contribution in [1.29, 1.82) is 0 Å². The Morgan fingerprint density at radius 2 is 2.04 bits per heavy atom. The van der Waals surface area contributed by atoms with Crippen LogP contribution in [0.5, 0.6) is 11.5 Å². The van der Waals surface area contributed by atoms with Gasteiger partial charge in [0.25, 0.3) is 0 Å². The average molecular weight is 360 g/mol. The lowest BCUT2D eigenvalue weighted by atomic mass is 9.79. The van der Waals surface area contributed by atoms with Crippen molar-refractivity contribution in [2.75, 3.05) is 26.8 Å². The molecule has 2 heterocycles. The molecule has 4 nitrogen and oxygen atoms in total. The number of hydrogen-bond donors (Lipinski definition) is 1. The Morgan fingerprint density at radius 1 is 1.23 bits per heavy atom. The molecule has 1 aromatic carbocycles. The fourth-order valence-corrected chi connectivity index (χ4v) is 4.70. The SMILES string of the molecule is COc1cc2c(cc1OCC1CC1)CCN1C[C@H](CC(C)C)[C@@H](O)C[C@@H]21. The number of aliphatic hydroxyl groups excluding tert-OH is 1. The number of piperidine rings is 1. The Morgan fingerprint density at radius 3 is 2.73 bits per heavy atom. The number of nitrogens with zero attached hydrogens (tertiary/aromatic N) is 1. The summed E-state index contributed by atoms with van der Waals surface area (Å²) in [6, 6.07) is 4.67. The lowest BCUT2D eigenvalue weighted by molar-refractivity contribution is -0.0191. The molecule has 1 saturated heterocycles. The van der Waals surface area contributed by atoms with Crippen LogP contribution in [0.2, 0.25) is 0 Å². The quantitative estimate of drug-likeness (QED) is 0.839. The minimum Gasteiger partial charge on any atom is -0.493 e. The summed E-state index contributed by atoms with van der Waals surface area (Å²) < 4.78 is 11.7. The maximum atomic E-state index is 10.7. The molecule has 4 heteroatoms. The molecule has 0 bridgehead atoms. The lowest BCUT2D eigenvalue weighted by Gasteiger charge is -2.46. The van der Waals surface area contributed by atoms with Crippen molar-refractivity contribution in [3.05, 3.63) is 23.3 Å². The van der Waals surface area contributed by atoms with Crippen LogP contribution in [0.1, 0.15) is 56.7 Å². The molecule has 3 aliphatic rings. The monoisotopic (exact) mass is 359 g/mol. The topological polar surface area (TPSA) is 41.9 Å². The number of aliphatic hydroxyl groups is 1. The molecular weight excluding hydrogens is 326 g/mol. The van der Waals surface area contributed by atoms with Crippen LogP contribution in [0.25, 0.3) is 0 Å². The molecule has 3 atom stereocenters. The maximum Gasteiger partial charge on any atom is 0.161 e. The first kappa shape index (κ1) is 18.1. The van der Waals surface area contributed by atoms with Crippen molar-refractivity contribution in [2.24, 2.45) is 17.8 Å². The molecular formula is C22H33NO3. The molecule has 0 spiro atoms. The first-order valence-corrected chi connectivity index (χ1v) is 10.3. The van der Waals surface area contributed by atoms with Gasteiger partial charge in [-0.05, 0) is 73.1 Å². The van der Waals surface area contributed by atoms with Gasteiger partial charge in [-0.2, -0.15) is 0 Å². The van der Waals surface area contributed by atoms with Gasteiger partial charge < -0.3 is 14.6 Å². The largest absolute Gasteiger partial charge is 0.493 e. The summed E-state index contributed by atoms with van der Waals surface area (Å²) in [7, 11) is 1.72. The summed E-state index contributed by atoms with van der Waals surface area (Å²) in [5.74, 6) is 3.49. The van der Waals surface area contributed by atoms with Crippen LogP contribution in [0.15, 0.2) is 12.1 Å². The van der Waals surface area contributed by atoms with Crippen LogP contribution in [0, 0.1) is 17.8 Å². The van der Waals surface area contributed by atoms with Gasteiger partial charge in [0.05, 0.1) is 19.8 Å². The summed E-state index contributed by atoms with van der Waals surface area (Å²) in [4.78, 5) is 2.58. The molecule has 26 heavy (non-hydrogen) atoms. The minimum absolute atomic E-state index is 0.207. The van der Waals surface area contributed by atoms with Crippen molar-refractivity contribution in [2.45, 2.75) is 58.1 Å². The lowest BCUT2D eigenvalue weighted by Crippen LogP contribution is -2.48. The molecule has 2 fully saturated rings. The summed E-state index contributed by atoms with van der Waals surface area (Å²) in [5.41, 5.74) is 2.70. The Bertz CT molecular complexity index is 641. The first-order valence-electron chi connectivity index (χ1n) is 10.3. The van der Waals surface area contributed by atoms with Gasteiger partial charge in [-0.1, -0.05) is 13.8 Å². The molecule has 2 aliphatic heterocycles. The molecule has 0 radical (unpaired) electrons. The fraction of sp³-hybridized carbons (Fsp3) is 0.727. The highest BCUT2D eigenvalue weighted by atomic mass is 16.5. The molecule has 4 rings (SSSR count). The Hall–Kier alpha value is -1.26. The fourth-order valence-electron chi connectivity index (χ4n) is 4.70. The van der Waals surface area contributed by atoms with Gasteiger partial charge in [0, 0.05) is 19.1 Å². The Kier molecular flexibility index (Phi) is 5.15. The van der Waals surface area contributed by atoms with Crippen LogP contribution < -0.4 is 9.47 Å². The van der Waals surface area contributed by atoms with E-state index in [-0.39, 0.29) is 6.10 Å². The molecule has 1 aromatic rings. The number of methoxy groups -OCH3 is 1. The van der Waals surface area contributed by atoms with Crippen LogP contribution in [0.3, 0.4) is 0 Å². The second-order valence-corrected chi connectivity index (χ2v) is 8.91. The highest BCUT2D eigenvalue weighted by molar-refractivity contribution is 5.49. The van der Waals surface area contributed by atoms with E-state index in [1.54, 1.807) is 7.11 Å². The summed E-state index contributed by atoms with van der Waals surface area (Å²) in [6.07, 6.45) is 5.37. The first-order chi connectivity index (χ1) is 12.5. The van der Waals surface area contributed by atoms with E-state index in [2.05, 4.69) is 30.9 Å². The zero-order chi connectivity index (χ0) is 18.3. The molecule has 1 saturated carbocycles. The highest BCUT2D eigenvalue weighted by Crippen LogP contribution is 2.44. The van der Waals surface area contributed by atoms with E-state index in [9.17, 15) is 5.11 Å². The van der Waals surface area contributed by atoms with E-state index in [4.69, 9.17) is 9.47 Å². The average Bonchev–Trinajstić information content (AvgIpc) is 3.44. The van der Waals surface area contributed by atoms with E-state index >= 15 is 0 Å². The molecule has 1 aliphatic carbocycles. The molecule has 0 unspecified atom stereocenters. The van der Waals surface area contributed by atoms with E-state index in [1.807, 2.05) is 0 Å². The Balaban J connectivity index is 1.55. The van der Waals surface area contributed by atoms with Gasteiger partial charge >= 0.3 is 0 Å². The van der Waals surface area contributed by atoms with Crippen molar-refractivity contribution in [3.8, 4) is 11.5 Å². The van der Waals surface area contributed by atoms with Crippen molar-refractivity contribution in [3.63, 3.8) is 0 Å². The second-order valence-electron chi connectivity index (χ2n) is 8.91. The zero-order valence-electron chi connectivity index (χ0n) is 16.4. The number of hydrogen-bond acceptors (Lipinski definition) is 4. The molecule has 0 amide bonds. The van der Waals surface area contributed by atoms with E-state index in [1.165, 1.54) is 24.0 Å². The third kappa shape index (κ3) is 3.72. The molecule has 0 aromatic heterocycles. The van der Waals surface area contributed by atoms with Crippen molar-refractivity contribution < 1.29 is 14.6 Å². The Labute approximate surface area is 157 Å². The van der Waals surface area contributed by atoms with Crippen LogP contribution in [0.4, 0.5) is 0 Å². The van der Waals surface area contributed by atoms with E-state index in [0.717, 1.165) is 56.4 Å². The third-order valence-electron chi connectivity index (χ3n) is 6.32. The number of rotatable bonds is 6. The van der Waals surface area contributed by atoms with Gasteiger partial charge in [0.15, 0.2) is 11.5 Å². The molecule has 1 N–H and O–H groups in total. The number of ether oxygens (including phenoxy) is 2. The van der Waals surface area contributed by atoms with Gasteiger partial charge in [-0.25, -0.2) is 0 Å². The van der Waals surface area contributed by atoms with Crippen LogP contribution in [-0.2, 0) is 6.42 Å². The smallest absolute Gasteiger partial charge is 0.161 e. The predicted octanol–water partition coefficient (Wildman–Crippen LogP) is 3.81. The second kappa shape index (κ2) is 7.40. The number of benzene rings is 1. The van der Waals surface area contributed by atoms with Crippen molar-refractivity contribution >= 4 is 0 Å². The predicted molar refractivity (Wildman–Crippen MR) is 103 cm³/mol. The maximum absolute atomic E-state index is 10.7. The third-order valence-corrected chi connectivity index (χ3v) is 6.32. The van der Waals surface area contributed by atoms with Gasteiger partial charge in [0.2, 0.25) is 0 Å². The summed E-state index contributed by atoms with van der Waals surface area (Å²) >= 11 is 0. The number of fused-ring (bicyclic) bond motifs is 3. The van der Waals surface area contributed by atoms with Gasteiger partial charge in [0.1, 0.15) is 0 Å². The summed E-state index contributed by atoms with van der Waals surface area (Å²) in [6.45, 7) is 7.38. The van der Waals surface area contributed by atoms with E-state index in [0.29, 0.717) is 17.9 Å². The normalized spacial score (nSPS) is 28.6. The van der Waals surface area contributed by atoms with Crippen LogP contribution in [-0.4, -0.2) is 42.9 Å². The van der Waals surface area contributed by atoms with Crippen molar-refractivity contribution in [1.82, 2.24) is 4.90 Å². The standard InChI is InChI=1S/C22H33NO3/c1-14(2)8-17-12-23-7-6-16-9-22(26-13-15-4-5-15)21(25-3)10-18(16)19(23)11-20(17)24/h9-10,14-15,17,19-20,24H,4-8,11-13H2,1-3H3/t17-,19-,20-/m0/s1. The molecule has 144 valence electrons. The summed E-state index contributed by atoms with van der Waals surface area (Å²) in [5, 5.41) is 10.7. The van der Waals surface area contributed by atoms with Gasteiger partial charge in [-0.15, -0.1) is 0 Å². The minimum atomic E-state index is -0.207. The highest BCUT2D eigenvalue weighted by Gasteiger charge is 2.38. The van der Waals surface area contributed by atoms with E-state index < -0.39 is 0 Å². The van der Waals surface area contributed by atoms with Crippen LogP contribution >= 0.6 is 0 Å². The zero-order valence-corrected chi connectivity index (χ0v) is 16.4. The van der Waals surface area contributed by atoms with Gasteiger partial charge in [-0.3, -0.25) is 4.90 Å².